The standard InChI is InChI=1S/C14H25NO4/c16-13(12-7-4-8-19-12)11(15-14(17)18)9-10-5-2-1-3-6-10/h10-13,15-16H,1-9H2,(H,17,18)/t11-,12+,13+/m0/s1. The van der Waals surface area contributed by atoms with Crippen LogP contribution in [-0.2, 0) is 4.74 Å². The summed E-state index contributed by atoms with van der Waals surface area (Å²) in [5, 5.41) is 21.8. The van der Waals surface area contributed by atoms with Crippen molar-refractivity contribution in [2.24, 2.45) is 5.92 Å². The molecule has 0 radical (unpaired) electrons. The Balaban J connectivity index is 1.91. The fraction of sp³-hybridized carbons (Fsp3) is 0.929. The number of nitrogens with one attached hydrogen (secondary N) is 1. The van der Waals surface area contributed by atoms with Crippen LogP contribution in [0.1, 0.15) is 51.4 Å². The van der Waals surface area contributed by atoms with Gasteiger partial charge in [-0.3, -0.25) is 0 Å². The average molecular weight is 271 g/mol. The quantitative estimate of drug-likeness (QED) is 0.715. The van der Waals surface area contributed by atoms with Crippen LogP contribution in [0.25, 0.3) is 0 Å². The van der Waals surface area contributed by atoms with Gasteiger partial charge < -0.3 is 20.3 Å². The van der Waals surface area contributed by atoms with Crippen LogP contribution in [0, 0.1) is 5.92 Å². The minimum absolute atomic E-state index is 0.208. The van der Waals surface area contributed by atoms with Gasteiger partial charge in [0, 0.05) is 6.61 Å². The highest BCUT2D eigenvalue weighted by atomic mass is 16.5. The molecule has 0 aromatic carbocycles. The van der Waals surface area contributed by atoms with Crippen LogP contribution in [0.5, 0.6) is 0 Å². The Morgan fingerprint density at radius 3 is 2.53 bits per heavy atom. The number of rotatable bonds is 5. The molecule has 1 amide bonds. The van der Waals surface area contributed by atoms with Crippen molar-refractivity contribution in [3.8, 4) is 0 Å². The normalized spacial score (nSPS) is 27.9. The zero-order valence-corrected chi connectivity index (χ0v) is 11.4. The predicted octanol–water partition coefficient (Wildman–Crippen LogP) is 2.13. The van der Waals surface area contributed by atoms with E-state index < -0.39 is 18.2 Å². The van der Waals surface area contributed by atoms with Gasteiger partial charge in [0.15, 0.2) is 0 Å². The van der Waals surface area contributed by atoms with Gasteiger partial charge in [-0.25, -0.2) is 4.79 Å². The molecule has 110 valence electrons. The van der Waals surface area contributed by atoms with E-state index in [1.54, 1.807) is 0 Å². The first-order chi connectivity index (χ1) is 9.16. The van der Waals surface area contributed by atoms with E-state index in [0.717, 1.165) is 32.1 Å². The maximum atomic E-state index is 10.9. The van der Waals surface area contributed by atoms with Gasteiger partial charge in [0.25, 0.3) is 0 Å². The van der Waals surface area contributed by atoms with Gasteiger partial charge in [0.05, 0.1) is 12.1 Å². The Hall–Kier alpha value is -0.810. The molecule has 0 spiro atoms. The van der Waals surface area contributed by atoms with Gasteiger partial charge in [-0.1, -0.05) is 32.1 Å². The maximum absolute atomic E-state index is 10.9. The second-order valence-corrected chi connectivity index (χ2v) is 5.84. The lowest BCUT2D eigenvalue weighted by molar-refractivity contribution is -0.0245. The summed E-state index contributed by atoms with van der Waals surface area (Å²) in [5.74, 6) is 0.529. The van der Waals surface area contributed by atoms with Crippen molar-refractivity contribution in [1.82, 2.24) is 5.32 Å². The van der Waals surface area contributed by atoms with E-state index in [1.165, 1.54) is 19.3 Å². The molecule has 0 aromatic rings. The Labute approximate surface area is 114 Å². The molecular formula is C14H25NO4. The number of carbonyl (C=O) groups is 1. The lowest BCUT2D eigenvalue weighted by Gasteiger charge is -2.31. The van der Waals surface area contributed by atoms with Crippen LogP contribution >= 0.6 is 0 Å². The zero-order chi connectivity index (χ0) is 13.7. The summed E-state index contributed by atoms with van der Waals surface area (Å²) in [6.07, 6.45) is 6.54. The highest BCUT2D eigenvalue weighted by Gasteiger charge is 2.33. The van der Waals surface area contributed by atoms with Crippen molar-refractivity contribution < 1.29 is 19.7 Å². The molecule has 1 saturated carbocycles. The molecule has 3 atom stereocenters. The molecule has 19 heavy (non-hydrogen) atoms. The summed E-state index contributed by atoms with van der Waals surface area (Å²) in [7, 11) is 0. The van der Waals surface area contributed by atoms with E-state index in [1.807, 2.05) is 0 Å². The van der Waals surface area contributed by atoms with Crippen LogP contribution in [0.15, 0.2) is 0 Å². The summed E-state index contributed by atoms with van der Waals surface area (Å²) >= 11 is 0. The lowest BCUT2D eigenvalue weighted by Crippen LogP contribution is -2.49. The molecule has 2 aliphatic rings. The number of aliphatic hydroxyl groups is 1. The van der Waals surface area contributed by atoms with Crippen molar-refractivity contribution in [3.05, 3.63) is 0 Å². The third kappa shape index (κ3) is 4.35. The molecule has 1 aliphatic carbocycles. The van der Waals surface area contributed by atoms with E-state index in [0.29, 0.717) is 12.5 Å². The van der Waals surface area contributed by atoms with Gasteiger partial charge in [-0.05, 0) is 25.2 Å². The van der Waals surface area contributed by atoms with Crippen molar-refractivity contribution in [2.75, 3.05) is 6.61 Å². The molecule has 1 saturated heterocycles. The van der Waals surface area contributed by atoms with Crippen LogP contribution in [0.2, 0.25) is 0 Å². The average Bonchev–Trinajstić information content (AvgIpc) is 2.91. The minimum Gasteiger partial charge on any atom is -0.465 e. The fourth-order valence-electron chi connectivity index (χ4n) is 3.36. The maximum Gasteiger partial charge on any atom is 0.404 e. The third-order valence-corrected chi connectivity index (χ3v) is 4.38. The van der Waals surface area contributed by atoms with Crippen LogP contribution in [0.4, 0.5) is 4.79 Å². The zero-order valence-electron chi connectivity index (χ0n) is 11.4. The molecule has 0 bridgehead atoms. The Bertz CT molecular complexity index is 285. The number of amides is 1. The predicted molar refractivity (Wildman–Crippen MR) is 71.1 cm³/mol. The Morgan fingerprint density at radius 1 is 1.21 bits per heavy atom. The van der Waals surface area contributed by atoms with E-state index in [-0.39, 0.29) is 6.10 Å². The Kier molecular flexibility index (Phi) is 5.45. The molecule has 0 aromatic heterocycles. The monoisotopic (exact) mass is 271 g/mol. The number of hydrogen-bond acceptors (Lipinski definition) is 3. The van der Waals surface area contributed by atoms with Crippen molar-refractivity contribution >= 4 is 6.09 Å². The fourth-order valence-corrected chi connectivity index (χ4v) is 3.36. The summed E-state index contributed by atoms with van der Waals surface area (Å²) in [4.78, 5) is 10.9. The summed E-state index contributed by atoms with van der Waals surface area (Å²) in [6.45, 7) is 0.672. The van der Waals surface area contributed by atoms with Crippen molar-refractivity contribution in [2.45, 2.75) is 69.6 Å². The third-order valence-electron chi connectivity index (χ3n) is 4.38. The van der Waals surface area contributed by atoms with E-state index in [2.05, 4.69) is 5.32 Å². The van der Waals surface area contributed by atoms with E-state index >= 15 is 0 Å². The summed E-state index contributed by atoms with van der Waals surface area (Å²) < 4.78 is 5.48. The Morgan fingerprint density at radius 2 is 1.95 bits per heavy atom. The number of aliphatic hydroxyl groups excluding tert-OH is 1. The molecular weight excluding hydrogens is 246 g/mol. The molecule has 5 nitrogen and oxygen atoms in total. The molecule has 1 aliphatic heterocycles. The highest BCUT2D eigenvalue weighted by Crippen LogP contribution is 2.29. The highest BCUT2D eigenvalue weighted by molar-refractivity contribution is 5.64. The van der Waals surface area contributed by atoms with Gasteiger partial charge in [-0.15, -0.1) is 0 Å². The molecule has 0 unspecified atom stereocenters. The molecule has 2 rings (SSSR count). The molecule has 5 heteroatoms. The largest absolute Gasteiger partial charge is 0.465 e. The number of hydrogen-bond donors (Lipinski definition) is 3. The smallest absolute Gasteiger partial charge is 0.404 e. The van der Waals surface area contributed by atoms with Gasteiger partial charge in [-0.2, -0.15) is 0 Å². The first kappa shape index (κ1) is 14.6. The second kappa shape index (κ2) is 7.10. The first-order valence-corrected chi connectivity index (χ1v) is 7.46. The van der Waals surface area contributed by atoms with Crippen molar-refractivity contribution in [1.29, 1.82) is 0 Å². The number of ether oxygens (including phenoxy) is 1. The molecule has 1 heterocycles. The minimum atomic E-state index is -1.06. The lowest BCUT2D eigenvalue weighted by atomic mass is 9.83. The molecule has 2 fully saturated rings. The van der Waals surface area contributed by atoms with E-state index in [9.17, 15) is 9.90 Å². The van der Waals surface area contributed by atoms with Gasteiger partial charge in [0.2, 0.25) is 0 Å². The van der Waals surface area contributed by atoms with Gasteiger partial charge >= 0.3 is 6.09 Å². The summed E-state index contributed by atoms with van der Waals surface area (Å²) in [6, 6.07) is -0.399. The second-order valence-electron chi connectivity index (χ2n) is 5.84. The van der Waals surface area contributed by atoms with Crippen LogP contribution in [-0.4, -0.2) is 41.2 Å². The first-order valence-electron chi connectivity index (χ1n) is 7.46. The topological polar surface area (TPSA) is 78.8 Å². The molecule has 3 N–H and O–H groups in total. The van der Waals surface area contributed by atoms with Crippen LogP contribution in [0.3, 0.4) is 0 Å². The van der Waals surface area contributed by atoms with Gasteiger partial charge in [0.1, 0.15) is 6.10 Å². The number of carboxylic acid groups (broad SMARTS) is 1. The summed E-state index contributed by atoms with van der Waals surface area (Å²) in [5.41, 5.74) is 0. The van der Waals surface area contributed by atoms with Crippen LogP contribution < -0.4 is 5.32 Å². The SMILES string of the molecule is O=C(O)N[C@@H](CC1CCCCC1)[C@@H](O)[C@H]1CCCO1. The van der Waals surface area contributed by atoms with Crippen molar-refractivity contribution in [3.63, 3.8) is 0 Å². The van der Waals surface area contributed by atoms with E-state index in [4.69, 9.17) is 9.84 Å².